The molecule has 2 aliphatic rings. The van der Waals surface area contributed by atoms with E-state index in [1.54, 1.807) is 0 Å². The molecule has 36 heavy (non-hydrogen) atoms. The summed E-state index contributed by atoms with van der Waals surface area (Å²) in [5.74, 6) is 0.893. The molecule has 184 valence electrons. The van der Waals surface area contributed by atoms with Crippen LogP contribution in [0.1, 0.15) is 43.2 Å². The van der Waals surface area contributed by atoms with Crippen molar-refractivity contribution >= 4 is 23.0 Å². The van der Waals surface area contributed by atoms with E-state index in [2.05, 4.69) is 81.9 Å². The van der Waals surface area contributed by atoms with E-state index in [1.165, 1.54) is 61.0 Å². The van der Waals surface area contributed by atoms with Crippen LogP contribution in [0.5, 0.6) is 0 Å². The maximum absolute atomic E-state index is 6.65. The van der Waals surface area contributed by atoms with Gasteiger partial charge in [-0.15, -0.1) is 0 Å². The Bertz CT molecular complexity index is 1320. The second-order valence-corrected chi connectivity index (χ2v) is 10.8. The summed E-state index contributed by atoms with van der Waals surface area (Å²) in [6, 6.07) is 27.5. The number of fused-ring (bicyclic) bond motifs is 1. The fraction of sp³-hybridized carbons (Fsp3) is 0.312. The van der Waals surface area contributed by atoms with Crippen molar-refractivity contribution in [2.75, 3.05) is 18.4 Å². The molecule has 0 unspecified atom stereocenters. The zero-order chi connectivity index (χ0) is 24.3. The van der Waals surface area contributed by atoms with Gasteiger partial charge in [0.2, 0.25) is 0 Å². The van der Waals surface area contributed by atoms with E-state index in [9.17, 15) is 0 Å². The monoisotopic (exact) mass is 495 g/mol. The molecule has 4 heteroatoms. The minimum atomic E-state index is 0.746. The molecular weight excluding hydrogens is 462 g/mol. The highest BCUT2D eigenvalue weighted by molar-refractivity contribution is 6.33. The molecule has 0 spiro atoms. The number of aromatic nitrogens is 1. The zero-order valence-electron chi connectivity index (χ0n) is 20.8. The second-order valence-electron chi connectivity index (χ2n) is 10.4. The zero-order valence-corrected chi connectivity index (χ0v) is 21.5. The lowest BCUT2D eigenvalue weighted by molar-refractivity contribution is 0.187. The van der Waals surface area contributed by atoms with Gasteiger partial charge in [-0.1, -0.05) is 73.3 Å². The van der Waals surface area contributed by atoms with E-state index in [0.717, 1.165) is 53.1 Å². The highest BCUT2D eigenvalue weighted by Gasteiger charge is 2.22. The van der Waals surface area contributed by atoms with Crippen molar-refractivity contribution in [3.63, 3.8) is 0 Å². The summed E-state index contributed by atoms with van der Waals surface area (Å²) in [5.41, 5.74) is 9.49. The predicted molar refractivity (Wildman–Crippen MR) is 152 cm³/mol. The minimum Gasteiger partial charge on any atom is -0.355 e. The first-order valence-corrected chi connectivity index (χ1v) is 13.8. The molecule has 4 aromatic rings. The number of aromatic amines is 1. The molecule has 2 N–H and O–H groups in total. The van der Waals surface area contributed by atoms with Gasteiger partial charge in [-0.2, -0.15) is 0 Å². The van der Waals surface area contributed by atoms with Crippen molar-refractivity contribution in [3.8, 4) is 22.5 Å². The number of rotatable bonds is 6. The molecule has 1 saturated carbocycles. The van der Waals surface area contributed by atoms with Crippen LogP contribution in [0, 0.1) is 5.92 Å². The Morgan fingerprint density at radius 2 is 1.69 bits per heavy atom. The summed E-state index contributed by atoms with van der Waals surface area (Å²) in [6.07, 6.45) is 8.20. The van der Waals surface area contributed by atoms with Crippen molar-refractivity contribution < 1.29 is 0 Å². The SMILES string of the molecule is Clc1ccc(Nc2cccc3c2CCN(CC2CCCCC2)C3)cc1-c1ccc(-c2ccccc2)[nH]1. The third kappa shape index (κ3) is 5.09. The molecule has 6 rings (SSSR count). The molecule has 3 aromatic carbocycles. The number of nitrogens with zero attached hydrogens (tertiary/aromatic N) is 1. The molecule has 0 saturated heterocycles. The first kappa shape index (κ1) is 23.4. The minimum absolute atomic E-state index is 0.746. The van der Waals surface area contributed by atoms with Crippen molar-refractivity contribution in [2.45, 2.75) is 45.1 Å². The quantitative estimate of drug-likeness (QED) is 0.280. The van der Waals surface area contributed by atoms with Gasteiger partial charge < -0.3 is 10.3 Å². The Morgan fingerprint density at radius 3 is 2.56 bits per heavy atom. The van der Waals surface area contributed by atoms with Gasteiger partial charge in [0, 0.05) is 48.0 Å². The smallest absolute Gasteiger partial charge is 0.0500 e. The van der Waals surface area contributed by atoms with Gasteiger partial charge in [0.1, 0.15) is 0 Å². The lowest BCUT2D eigenvalue weighted by Crippen LogP contribution is -2.35. The average Bonchev–Trinajstić information content (AvgIpc) is 3.41. The van der Waals surface area contributed by atoms with Gasteiger partial charge in [-0.3, -0.25) is 4.90 Å². The Labute approximate surface area is 219 Å². The van der Waals surface area contributed by atoms with Gasteiger partial charge in [-0.05, 0) is 78.3 Å². The summed E-state index contributed by atoms with van der Waals surface area (Å²) in [4.78, 5) is 6.23. The summed E-state index contributed by atoms with van der Waals surface area (Å²) in [6.45, 7) is 3.48. The average molecular weight is 496 g/mol. The number of H-pyrrole nitrogens is 1. The predicted octanol–water partition coefficient (Wildman–Crippen LogP) is 8.68. The number of anilines is 2. The molecule has 0 bridgehead atoms. The topological polar surface area (TPSA) is 31.1 Å². The molecule has 0 amide bonds. The number of hydrogen-bond acceptors (Lipinski definition) is 2. The molecule has 0 radical (unpaired) electrons. The third-order valence-electron chi connectivity index (χ3n) is 7.89. The molecule has 2 heterocycles. The van der Waals surface area contributed by atoms with Crippen LogP contribution in [0.3, 0.4) is 0 Å². The highest BCUT2D eigenvalue weighted by atomic mass is 35.5. The standard InChI is InChI=1S/C32H34ClN3/c33-29-15-14-26(20-28(29)32-17-16-30(35-32)24-10-5-2-6-11-24)34-31-13-7-12-25-22-36(19-18-27(25)31)21-23-8-3-1-4-9-23/h2,5-7,10-17,20,23,34-35H,1,3-4,8-9,18-19,21-22H2. The largest absolute Gasteiger partial charge is 0.355 e. The van der Waals surface area contributed by atoms with E-state index in [1.807, 2.05) is 12.1 Å². The number of halogens is 1. The molecule has 1 fully saturated rings. The Balaban J connectivity index is 1.20. The summed E-state index contributed by atoms with van der Waals surface area (Å²) >= 11 is 6.65. The second kappa shape index (κ2) is 10.5. The van der Waals surface area contributed by atoms with E-state index in [4.69, 9.17) is 11.6 Å². The fourth-order valence-electron chi connectivity index (χ4n) is 5.98. The molecule has 1 aliphatic carbocycles. The van der Waals surface area contributed by atoms with Crippen LogP contribution in [0.2, 0.25) is 5.02 Å². The van der Waals surface area contributed by atoms with E-state index >= 15 is 0 Å². The third-order valence-corrected chi connectivity index (χ3v) is 8.22. The van der Waals surface area contributed by atoms with Crippen LogP contribution in [0.15, 0.2) is 78.9 Å². The molecule has 3 nitrogen and oxygen atoms in total. The van der Waals surface area contributed by atoms with E-state index in [0.29, 0.717) is 0 Å². The molecule has 1 aliphatic heterocycles. The maximum Gasteiger partial charge on any atom is 0.0500 e. The highest BCUT2D eigenvalue weighted by Crippen LogP contribution is 2.35. The van der Waals surface area contributed by atoms with Crippen LogP contribution >= 0.6 is 11.6 Å². The van der Waals surface area contributed by atoms with Crippen molar-refractivity contribution in [3.05, 3.63) is 95.0 Å². The fourth-order valence-corrected chi connectivity index (χ4v) is 6.20. The first-order chi connectivity index (χ1) is 17.7. The summed E-state index contributed by atoms with van der Waals surface area (Å²) < 4.78 is 0. The van der Waals surface area contributed by atoms with Crippen LogP contribution < -0.4 is 5.32 Å². The van der Waals surface area contributed by atoms with Crippen molar-refractivity contribution in [1.82, 2.24) is 9.88 Å². The number of nitrogens with one attached hydrogen (secondary N) is 2. The van der Waals surface area contributed by atoms with Crippen molar-refractivity contribution in [1.29, 1.82) is 0 Å². The molecule has 0 atom stereocenters. The van der Waals surface area contributed by atoms with Gasteiger partial charge >= 0.3 is 0 Å². The number of hydrogen-bond donors (Lipinski definition) is 2. The Hall–Kier alpha value is -3.01. The van der Waals surface area contributed by atoms with Crippen LogP contribution in [0.4, 0.5) is 11.4 Å². The summed E-state index contributed by atoms with van der Waals surface area (Å²) in [5, 5.41) is 4.46. The maximum atomic E-state index is 6.65. The van der Waals surface area contributed by atoms with Gasteiger partial charge in [-0.25, -0.2) is 0 Å². The van der Waals surface area contributed by atoms with Crippen LogP contribution in [-0.2, 0) is 13.0 Å². The normalized spacial score (nSPS) is 16.6. The first-order valence-electron chi connectivity index (χ1n) is 13.4. The number of benzene rings is 3. The molecule has 1 aromatic heterocycles. The van der Waals surface area contributed by atoms with Gasteiger partial charge in [0.05, 0.1) is 5.02 Å². The lowest BCUT2D eigenvalue weighted by atomic mass is 9.88. The lowest BCUT2D eigenvalue weighted by Gasteiger charge is -2.34. The van der Waals surface area contributed by atoms with Gasteiger partial charge in [0.25, 0.3) is 0 Å². The van der Waals surface area contributed by atoms with Crippen LogP contribution in [0.25, 0.3) is 22.5 Å². The van der Waals surface area contributed by atoms with Crippen molar-refractivity contribution in [2.24, 2.45) is 5.92 Å². The van der Waals surface area contributed by atoms with Crippen LogP contribution in [-0.4, -0.2) is 23.0 Å². The Kier molecular flexibility index (Phi) is 6.85. The van der Waals surface area contributed by atoms with E-state index < -0.39 is 0 Å². The molecular formula is C32H34ClN3. The van der Waals surface area contributed by atoms with E-state index in [-0.39, 0.29) is 0 Å². The van der Waals surface area contributed by atoms with Gasteiger partial charge in [0.15, 0.2) is 0 Å². The Morgan fingerprint density at radius 1 is 0.861 bits per heavy atom. The summed E-state index contributed by atoms with van der Waals surface area (Å²) in [7, 11) is 0.